The molecule has 0 aliphatic carbocycles. The second kappa shape index (κ2) is 6.74. The highest BCUT2D eigenvalue weighted by Gasteiger charge is 2.24. The van der Waals surface area contributed by atoms with E-state index in [1.165, 1.54) is 0 Å². The van der Waals surface area contributed by atoms with Gasteiger partial charge in [0.1, 0.15) is 10.8 Å². The van der Waals surface area contributed by atoms with Crippen LogP contribution in [0.3, 0.4) is 0 Å². The molecule has 0 unspecified atom stereocenters. The highest BCUT2D eigenvalue weighted by Crippen LogP contribution is 2.19. The van der Waals surface area contributed by atoms with E-state index in [4.69, 9.17) is 23.2 Å². The van der Waals surface area contributed by atoms with Crippen LogP contribution in [0.5, 0.6) is 0 Å². The van der Waals surface area contributed by atoms with E-state index >= 15 is 0 Å². The highest BCUT2D eigenvalue weighted by atomic mass is 35.5. The highest BCUT2D eigenvalue weighted by molar-refractivity contribution is 6.34. The molecule has 6 heteroatoms. The van der Waals surface area contributed by atoms with Gasteiger partial charge in [0.05, 0.1) is 5.02 Å². The van der Waals surface area contributed by atoms with Gasteiger partial charge in [-0.05, 0) is 18.1 Å². The third-order valence-electron chi connectivity index (χ3n) is 3.30. The van der Waals surface area contributed by atoms with Crippen LogP contribution in [0, 0.1) is 5.92 Å². The van der Waals surface area contributed by atoms with Crippen LogP contribution in [0.2, 0.25) is 10.2 Å². The molecule has 4 nitrogen and oxygen atoms in total. The summed E-state index contributed by atoms with van der Waals surface area (Å²) >= 11 is 11.9. The fraction of sp³-hybridized carbons (Fsp3) is 0.571. The predicted octanol–water partition coefficient (Wildman–Crippen LogP) is 2.80. The predicted molar refractivity (Wildman–Crippen MR) is 81.4 cm³/mol. The fourth-order valence-electron chi connectivity index (χ4n) is 2.37. The van der Waals surface area contributed by atoms with Crippen LogP contribution in [0.25, 0.3) is 0 Å². The van der Waals surface area contributed by atoms with Crippen LogP contribution in [0.1, 0.15) is 24.3 Å². The molecule has 1 amide bonds. The molecule has 1 aromatic rings. The monoisotopic (exact) mass is 315 g/mol. The number of piperazine rings is 1. The molecule has 2 heterocycles. The quantitative estimate of drug-likeness (QED) is 0.805. The van der Waals surface area contributed by atoms with Crippen LogP contribution in [0.4, 0.5) is 0 Å². The molecule has 110 valence electrons. The van der Waals surface area contributed by atoms with Crippen molar-refractivity contribution in [2.45, 2.75) is 13.8 Å². The molecule has 1 aliphatic rings. The maximum absolute atomic E-state index is 12.4. The maximum Gasteiger partial charge on any atom is 0.274 e. The number of rotatable bonds is 3. The lowest BCUT2D eigenvalue weighted by atomic mass is 10.2. The summed E-state index contributed by atoms with van der Waals surface area (Å²) in [6, 6.07) is 3.19. The van der Waals surface area contributed by atoms with Crippen molar-refractivity contribution in [1.29, 1.82) is 0 Å². The number of nitrogens with zero attached hydrogens (tertiary/aromatic N) is 3. The second-order valence-electron chi connectivity index (χ2n) is 5.45. The van der Waals surface area contributed by atoms with Crippen molar-refractivity contribution in [3.63, 3.8) is 0 Å². The van der Waals surface area contributed by atoms with Gasteiger partial charge in [0.25, 0.3) is 5.91 Å². The Hall–Kier alpha value is -0.840. The van der Waals surface area contributed by atoms with Crippen LogP contribution < -0.4 is 0 Å². The molecule has 0 atom stereocenters. The molecule has 0 bridgehead atoms. The van der Waals surface area contributed by atoms with Gasteiger partial charge in [-0.2, -0.15) is 0 Å². The third-order valence-corrected chi connectivity index (χ3v) is 3.81. The standard InChI is InChI=1S/C14H19Cl2N3O/c1-10(2)9-18-5-7-19(8-6-18)14(20)13-11(15)3-4-12(16)17-13/h3-4,10H,5-9H2,1-2H3. The summed E-state index contributed by atoms with van der Waals surface area (Å²) in [4.78, 5) is 20.6. The fourth-order valence-corrected chi connectivity index (χ4v) is 2.70. The van der Waals surface area contributed by atoms with E-state index in [-0.39, 0.29) is 16.8 Å². The van der Waals surface area contributed by atoms with E-state index in [2.05, 4.69) is 23.7 Å². The minimum atomic E-state index is -0.137. The van der Waals surface area contributed by atoms with E-state index in [0.717, 1.165) is 19.6 Å². The van der Waals surface area contributed by atoms with Gasteiger partial charge in [-0.1, -0.05) is 37.0 Å². The summed E-state index contributed by atoms with van der Waals surface area (Å²) in [6.07, 6.45) is 0. The molecule has 0 spiro atoms. The van der Waals surface area contributed by atoms with Crippen LogP contribution in [0.15, 0.2) is 12.1 Å². The number of hydrogen-bond donors (Lipinski definition) is 0. The first-order chi connectivity index (χ1) is 9.47. The molecular formula is C14H19Cl2N3O. The summed E-state index contributed by atoms with van der Waals surface area (Å²) in [5, 5.41) is 0.639. The van der Waals surface area contributed by atoms with Crippen LogP contribution in [-0.4, -0.2) is 53.4 Å². The minimum absolute atomic E-state index is 0.137. The van der Waals surface area contributed by atoms with Gasteiger partial charge in [-0.3, -0.25) is 9.69 Å². The summed E-state index contributed by atoms with van der Waals surface area (Å²) in [7, 11) is 0. The molecule has 0 radical (unpaired) electrons. The Kier molecular flexibility index (Phi) is 5.24. The van der Waals surface area contributed by atoms with Crippen LogP contribution in [-0.2, 0) is 0 Å². The molecule has 20 heavy (non-hydrogen) atoms. The first-order valence-corrected chi connectivity index (χ1v) is 7.56. The number of amides is 1. The number of carbonyl (C=O) groups is 1. The summed E-state index contributed by atoms with van der Waals surface area (Å²) in [5.41, 5.74) is 0.247. The number of aromatic nitrogens is 1. The lowest BCUT2D eigenvalue weighted by molar-refractivity contribution is 0.0618. The Bertz CT molecular complexity index is 485. The number of halogens is 2. The SMILES string of the molecule is CC(C)CN1CCN(C(=O)c2nc(Cl)ccc2Cl)CC1. The molecular weight excluding hydrogens is 297 g/mol. The van der Waals surface area contributed by atoms with E-state index in [9.17, 15) is 4.79 Å². The van der Waals surface area contributed by atoms with Crippen LogP contribution >= 0.6 is 23.2 Å². The van der Waals surface area contributed by atoms with E-state index < -0.39 is 0 Å². The average Bonchev–Trinajstić information content (AvgIpc) is 2.41. The zero-order valence-electron chi connectivity index (χ0n) is 11.8. The van der Waals surface area contributed by atoms with Gasteiger partial charge in [0.15, 0.2) is 0 Å². The molecule has 0 saturated carbocycles. The van der Waals surface area contributed by atoms with Gasteiger partial charge in [0.2, 0.25) is 0 Å². The van der Waals surface area contributed by atoms with Gasteiger partial charge in [-0.15, -0.1) is 0 Å². The number of hydrogen-bond acceptors (Lipinski definition) is 3. The Morgan fingerprint density at radius 3 is 2.50 bits per heavy atom. The maximum atomic E-state index is 12.4. The summed E-state index contributed by atoms with van der Waals surface area (Å²) in [5.74, 6) is 0.503. The van der Waals surface area contributed by atoms with Crippen molar-refractivity contribution in [3.8, 4) is 0 Å². The number of pyridine rings is 1. The van der Waals surface area contributed by atoms with Crippen molar-refractivity contribution >= 4 is 29.1 Å². The van der Waals surface area contributed by atoms with Crippen molar-refractivity contribution in [3.05, 3.63) is 28.0 Å². The third kappa shape index (κ3) is 3.84. The molecule has 0 N–H and O–H groups in total. The van der Waals surface area contributed by atoms with E-state index in [1.807, 2.05) is 0 Å². The molecule has 1 aromatic heterocycles. The second-order valence-corrected chi connectivity index (χ2v) is 6.25. The molecule has 1 aliphatic heterocycles. The Labute approximate surface area is 129 Å². The van der Waals surface area contributed by atoms with Gasteiger partial charge < -0.3 is 4.90 Å². The molecule has 0 aromatic carbocycles. The molecule has 1 fully saturated rings. The summed E-state index contributed by atoms with van der Waals surface area (Å²) < 4.78 is 0. The van der Waals surface area contributed by atoms with Crippen molar-refractivity contribution in [1.82, 2.24) is 14.8 Å². The van der Waals surface area contributed by atoms with Crippen molar-refractivity contribution in [2.75, 3.05) is 32.7 Å². The molecule has 1 saturated heterocycles. The lowest BCUT2D eigenvalue weighted by Gasteiger charge is -2.35. The van der Waals surface area contributed by atoms with Gasteiger partial charge in [0, 0.05) is 32.7 Å². The summed E-state index contributed by atoms with van der Waals surface area (Å²) in [6.45, 7) is 8.66. The first-order valence-electron chi connectivity index (χ1n) is 6.81. The Balaban J connectivity index is 2.00. The topological polar surface area (TPSA) is 36.4 Å². The Morgan fingerprint density at radius 1 is 1.25 bits per heavy atom. The van der Waals surface area contributed by atoms with E-state index in [0.29, 0.717) is 24.0 Å². The largest absolute Gasteiger partial charge is 0.335 e. The van der Waals surface area contributed by atoms with E-state index in [1.54, 1.807) is 17.0 Å². The van der Waals surface area contributed by atoms with Gasteiger partial charge in [-0.25, -0.2) is 4.98 Å². The first kappa shape index (κ1) is 15.5. The zero-order valence-corrected chi connectivity index (χ0v) is 13.3. The smallest absolute Gasteiger partial charge is 0.274 e. The van der Waals surface area contributed by atoms with Crippen molar-refractivity contribution < 1.29 is 4.79 Å². The van der Waals surface area contributed by atoms with Gasteiger partial charge >= 0.3 is 0 Å². The average molecular weight is 316 g/mol. The normalized spacial score (nSPS) is 16.8. The zero-order chi connectivity index (χ0) is 14.7. The lowest BCUT2D eigenvalue weighted by Crippen LogP contribution is -2.49. The van der Waals surface area contributed by atoms with Crippen molar-refractivity contribution in [2.24, 2.45) is 5.92 Å². The number of carbonyl (C=O) groups excluding carboxylic acids is 1. The molecule has 2 rings (SSSR count). The Morgan fingerprint density at radius 2 is 1.90 bits per heavy atom. The minimum Gasteiger partial charge on any atom is -0.335 e.